The van der Waals surface area contributed by atoms with Gasteiger partial charge in [-0.2, -0.15) is 0 Å². The number of hydrogen-bond donors (Lipinski definition) is 3. The first kappa shape index (κ1) is 16.3. The van der Waals surface area contributed by atoms with Gasteiger partial charge < -0.3 is 16.4 Å². The maximum atomic E-state index is 11.5. The molecule has 0 radical (unpaired) electrons. The number of nitrogens with zero attached hydrogens (tertiary/aromatic N) is 2. The molecule has 0 aromatic carbocycles. The fraction of sp³-hybridized carbons (Fsp3) is 0.500. The van der Waals surface area contributed by atoms with Gasteiger partial charge in [0, 0.05) is 20.0 Å². The summed E-state index contributed by atoms with van der Waals surface area (Å²) in [5.74, 6) is -1.28. The van der Waals surface area contributed by atoms with E-state index in [9.17, 15) is 9.59 Å². The van der Waals surface area contributed by atoms with Crippen LogP contribution in [0.1, 0.15) is 30.8 Å². The molecule has 0 spiro atoms. The number of nitrogens with one attached hydrogen (secondary N) is 2. The Morgan fingerprint density at radius 2 is 1.95 bits per heavy atom. The molecular formula is C12H18ClN5O2. The Kier molecular flexibility index (Phi) is 6.33. The molecule has 1 aromatic heterocycles. The van der Waals surface area contributed by atoms with E-state index in [0.717, 1.165) is 26.4 Å². The van der Waals surface area contributed by atoms with Gasteiger partial charge in [0.15, 0.2) is 22.5 Å². The SMILES string of the molecule is CCCNCCNc1nc(N)c(C(=O)C(C)=O)nc1Cl. The molecule has 1 heterocycles. The minimum atomic E-state index is -0.798. The monoisotopic (exact) mass is 299 g/mol. The molecule has 0 aliphatic carbocycles. The number of Topliss-reactive ketones (excluding diaryl/α,β-unsaturated/α-hetero) is 2. The minimum absolute atomic E-state index is 0.0132. The first-order valence-electron chi connectivity index (χ1n) is 6.30. The van der Waals surface area contributed by atoms with Crippen LogP contribution in [0.4, 0.5) is 11.6 Å². The van der Waals surface area contributed by atoms with Crippen LogP contribution in [0.2, 0.25) is 5.15 Å². The number of anilines is 2. The molecule has 0 saturated heterocycles. The zero-order valence-corrected chi connectivity index (χ0v) is 12.3. The van der Waals surface area contributed by atoms with Crippen molar-refractivity contribution in [1.29, 1.82) is 0 Å². The van der Waals surface area contributed by atoms with Gasteiger partial charge in [-0.3, -0.25) is 9.59 Å². The summed E-state index contributed by atoms with van der Waals surface area (Å²) in [6, 6.07) is 0. The molecule has 0 fully saturated rings. The van der Waals surface area contributed by atoms with Gasteiger partial charge in [-0.15, -0.1) is 0 Å². The zero-order chi connectivity index (χ0) is 15.1. The molecule has 1 rings (SSSR count). The van der Waals surface area contributed by atoms with Gasteiger partial charge in [0.1, 0.15) is 0 Å². The predicted molar refractivity (Wildman–Crippen MR) is 78.1 cm³/mol. The second kappa shape index (κ2) is 7.76. The lowest BCUT2D eigenvalue weighted by Crippen LogP contribution is -2.23. The van der Waals surface area contributed by atoms with Crippen LogP contribution in [-0.2, 0) is 4.79 Å². The summed E-state index contributed by atoms with van der Waals surface area (Å²) in [6.07, 6.45) is 1.05. The maximum absolute atomic E-state index is 11.5. The minimum Gasteiger partial charge on any atom is -0.382 e. The Hall–Kier alpha value is -1.73. The fourth-order valence-electron chi connectivity index (χ4n) is 1.45. The van der Waals surface area contributed by atoms with Crippen LogP contribution < -0.4 is 16.4 Å². The Labute approximate surface area is 122 Å². The van der Waals surface area contributed by atoms with Crippen LogP contribution in [0.5, 0.6) is 0 Å². The molecule has 0 amide bonds. The van der Waals surface area contributed by atoms with E-state index in [0.29, 0.717) is 12.4 Å². The highest BCUT2D eigenvalue weighted by molar-refractivity contribution is 6.43. The number of aromatic nitrogens is 2. The van der Waals surface area contributed by atoms with Gasteiger partial charge >= 0.3 is 0 Å². The van der Waals surface area contributed by atoms with Crippen molar-refractivity contribution in [3.05, 3.63) is 10.8 Å². The second-order valence-corrected chi connectivity index (χ2v) is 4.52. The van der Waals surface area contributed by atoms with Crippen molar-refractivity contribution in [3.8, 4) is 0 Å². The number of rotatable bonds is 8. The molecule has 20 heavy (non-hydrogen) atoms. The third-order valence-corrected chi connectivity index (χ3v) is 2.70. The maximum Gasteiger partial charge on any atom is 0.250 e. The third kappa shape index (κ3) is 4.43. The van der Waals surface area contributed by atoms with Crippen LogP contribution in [0, 0.1) is 0 Å². The summed E-state index contributed by atoms with van der Waals surface area (Å²) in [7, 11) is 0. The summed E-state index contributed by atoms with van der Waals surface area (Å²) < 4.78 is 0. The van der Waals surface area contributed by atoms with E-state index in [2.05, 4.69) is 27.5 Å². The average molecular weight is 300 g/mol. The molecule has 7 nitrogen and oxygen atoms in total. The number of halogens is 1. The van der Waals surface area contributed by atoms with Gasteiger partial charge in [-0.25, -0.2) is 9.97 Å². The lowest BCUT2D eigenvalue weighted by atomic mass is 10.2. The number of hydrogen-bond acceptors (Lipinski definition) is 7. The van der Waals surface area contributed by atoms with E-state index in [1.54, 1.807) is 0 Å². The Bertz CT molecular complexity index is 507. The molecule has 0 atom stereocenters. The lowest BCUT2D eigenvalue weighted by molar-refractivity contribution is -0.113. The second-order valence-electron chi connectivity index (χ2n) is 4.16. The highest BCUT2D eigenvalue weighted by atomic mass is 35.5. The van der Waals surface area contributed by atoms with Gasteiger partial charge in [0.2, 0.25) is 11.6 Å². The van der Waals surface area contributed by atoms with E-state index in [1.807, 2.05) is 0 Å². The number of nitrogen functional groups attached to an aromatic ring is 1. The van der Waals surface area contributed by atoms with Crippen molar-refractivity contribution in [2.24, 2.45) is 0 Å². The third-order valence-electron chi connectivity index (χ3n) is 2.44. The summed E-state index contributed by atoms with van der Waals surface area (Å²) in [4.78, 5) is 30.4. The smallest absolute Gasteiger partial charge is 0.250 e. The van der Waals surface area contributed by atoms with Gasteiger partial charge in [-0.05, 0) is 13.0 Å². The first-order valence-corrected chi connectivity index (χ1v) is 6.68. The molecular weight excluding hydrogens is 282 g/mol. The molecule has 110 valence electrons. The van der Waals surface area contributed by atoms with Crippen molar-refractivity contribution >= 4 is 34.8 Å². The lowest BCUT2D eigenvalue weighted by Gasteiger charge is -2.10. The van der Waals surface area contributed by atoms with Crippen LogP contribution in [0.25, 0.3) is 0 Å². The topological polar surface area (TPSA) is 110 Å². The molecule has 8 heteroatoms. The van der Waals surface area contributed by atoms with Crippen LogP contribution in [0.15, 0.2) is 0 Å². The predicted octanol–water partition coefficient (Wildman–Crippen LogP) is 0.895. The van der Waals surface area contributed by atoms with E-state index < -0.39 is 11.6 Å². The van der Waals surface area contributed by atoms with Crippen molar-refractivity contribution in [1.82, 2.24) is 15.3 Å². The van der Waals surface area contributed by atoms with E-state index >= 15 is 0 Å². The summed E-state index contributed by atoms with van der Waals surface area (Å²) in [6.45, 7) is 5.47. The molecule has 0 saturated carbocycles. The highest BCUT2D eigenvalue weighted by Gasteiger charge is 2.20. The van der Waals surface area contributed by atoms with Crippen molar-refractivity contribution in [2.75, 3.05) is 30.7 Å². The fourth-order valence-corrected chi connectivity index (χ4v) is 1.64. The normalized spacial score (nSPS) is 10.3. The Morgan fingerprint density at radius 1 is 1.25 bits per heavy atom. The zero-order valence-electron chi connectivity index (χ0n) is 11.5. The number of carbonyl (C=O) groups excluding carboxylic acids is 2. The first-order chi connectivity index (χ1) is 9.47. The average Bonchev–Trinajstić information content (AvgIpc) is 2.41. The standard InChI is InChI=1S/C12H18ClN5O2/c1-3-4-15-5-6-16-12-10(13)17-8(11(14)18-12)9(20)7(2)19/h15H,3-6H2,1-2H3,(H3,14,16,18). The van der Waals surface area contributed by atoms with Gasteiger partial charge in [-0.1, -0.05) is 18.5 Å². The van der Waals surface area contributed by atoms with Crippen LogP contribution in [0.3, 0.4) is 0 Å². The summed E-state index contributed by atoms with van der Waals surface area (Å²) in [5, 5.41) is 6.18. The van der Waals surface area contributed by atoms with Crippen molar-refractivity contribution in [2.45, 2.75) is 20.3 Å². The molecule has 0 bridgehead atoms. The van der Waals surface area contributed by atoms with E-state index in [1.165, 1.54) is 0 Å². The molecule has 0 aliphatic rings. The van der Waals surface area contributed by atoms with Crippen molar-refractivity contribution < 1.29 is 9.59 Å². The van der Waals surface area contributed by atoms with Crippen LogP contribution in [-0.4, -0.2) is 41.2 Å². The molecule has 1 aromatic rings. The molecule has 0 unspecified atom stereocenters. The van der Waals surface area contributed by atoms with Gasteiger partial charge in [0.05, 0.1) is 0 Å². The molecule has 4 N–H and O–H groups in total. The highest BCUT2D eigenvalue weighted by Crippen LogP contribution is 2.20. The summed E-state index contributed by atoms with van der Waals surface area (Å²) >= 11 is 5.91. The van der Waals surface area contributed by atoms with Crippen LogP contribution >= 0.6 is 11.6 Å². The number of ketones is 2. The van der Waals surface area contributed by atoms with E-state index in [-0.39, 0.29) is 16.7 Å². The largest absolute Gasteiger partial charge is 0.382 e. The number of carbonyl (C=O) groups is 2. The quantitative estimate of drug-likeness (QED) is 0.371. The summed E-state index contributed by atoms with van der Waals surface area (Å²) in [5.41, 5.74) is 5.41. The van der Waals surface area contributed by atoms with E-state index in [4.69, 9.17) is 17.3 Å². The van der Waals surface area contributed by atoms with Crippen molar-refractivity contribution in [3.63, 3.8) is 0 Å². The Morgan fingerprint density at radius 3 is 2.55 bits per heavy atom. The molecule has 0 aliphatic heterocycles. The number of nitrogens with two attached hydrogens (primary N) is 1. The Balaban J connectivity index is 2.73. The van der Waals surface area contributed by atoms with Gasteiger partial charge in [0.25, 0.3) is 0 Å².